The Bertz CT molecular complexity index is 729. The summed E-state index contributed by atoms with van der Waals surface area (Å²) >= 11 is 8.25. The van der Waals surface area contributed by atoms with Crippen LogP contribution in [0.2, 0.25) is 5.15 Å². The van der Waals surface area contributed by atoms with Crippen molar-refractivity contribution in [3.63, 3.8) is 0 Å². The lowest BCUT2D eigenvalue weighted by atomic mass is 9.97. The molecular formula is C18H23ClN2O2S. The van der Waals surface area contributed by atoms with Gasteiger partial charge in [0.05, 0.1) is 12.5 Å². The summed E-state index contributed by atoms with van der Waals surface area (Å²) in [6.45, 7) is 0. The van der Waals surface area contributed by atoms with E-state index in [4.69, 9.17) is 16.6 Å². The van der Waals surface area contributed by atoms with E-state index in [2.05, 4.69) is 9.72 Å². The molecule has 0 saturated heterocycles. The van der Waals surface area contributed by atoms with Crippen LogP contribution in [0.3, 0.4) is 0 Å². The van der Waals surface area contributed by atoms with Gasteiger partial charge < -0.3 is 4.74 Å². The number of hydrogen-bond donors (Lipinski definition) is 0. The molecular weight excluding hydrogens is 344 g/mol. The molecule has 2 aromatic rings. The second-order valence-corrected chi connectivity index (χ2v) is 7.75. The van der Waals surface area contributed by atoms with Crippen LogP contribution in [0, 0.1) is 0 Å². The Morgan fingerprint density at radius 2 is 1.96 bits per heavy atom. The van der Waals surface area contributed by atoms with E-state index in [9.17, 15) is 4.79 Å². The number of esters is 1. The molecule has 0 saturated carbocycles. The van der Waals surface area contributed by atoms with Crippen LogP contribution in [0.4, 0.5) is 0 Å². The lowest BCUT2D eigenvalue weighted by molar-refractivity contribution is -0.140. The third-order valence-electron chi connectivity index (χ3n) is 4.58. The molecule has 2 heterocycles. The first-order valence-electron chi connectivity index (χ1n) is 8.72. The van der Waals surface area contributed by atoms with E-state index >= 15 is 0 Å². The molecule has 0 aromatic carbocycles. The largest absolute Gasteiger partial charge is 0.469 e. The standard InChI is InChI=1S/C18H23ClN2O2S/c1-23-15(22)11-5-3-2-4-10-14-20-17(19)16-12-8-6-7-9-13(12)24-18(16)21-14/h2-11H2,1H3. The molecule has 130 valence electrons. The lowest BCUT2D eigenvalue weighted by Crippen LogP contribution is -2.00. The highest BCUT2D eigenvalue weighted by molar-refractivity contribution is 7.19. The Hall–Kier alpha value is -1.20. The van der Waals surface area contributed by atoms with Gasteiger partial charge in [-0.1, -0.05) is 24.4 Å². The van der Waals surface area contributed by atoms with Gasteiger partial charge in [0.25, 0.3) is 0 Å². The molecule has 3 rings (SSSR count). The third-order valence-corrected chi connectivity index (χ3v) is 6.03. The fourth-order valence-corrected chi connectivity index (χ4v) is 4.91. The van der Waals surface area contributed by atoms with Crippen molar-refractivity contribution in [3.05, 3.63) is 21.4 Å². The number of aromatic nitrogens is 2. The average Bonchev–Trinajstić information content (AvgIpc) is 2.96. The number of aryl methyl sites for hydroxylation is 3. The minimum atomic E-state index is -0.128. The first-order valence-corrected chi connectivity index (χ1v) is 9.92. The number of unbranched alkanes of at least 4 members (excludes halogenated alkanes) is 3. The number of carbonyl (C=O) groups is 1. The van der Waals surface area contributed by atoms with E-state index in [1.165, 1.54) is 30.4 Å². The van der Waals surface area contributed by atoms with Crippen LogP contribution in [-0.4, -0.2) is 23.0 Å². The van der Waals surface area contributed by atoms with Crippen molar-refractivity contribution in [3.8, 4) is 0 Å². The van der Waals surface area contributed by atoms with Crippen LogP contribution in [0.25, 0.3) is 10.2 Å². The topological polar surface area (TPSA) is 52.1 Å². The van der Waals surface area contributed by atoms with Crippen LogP contribution in [0.1, 0.15) is 61.2 Å². The Kier molecular flexibility index (Phi) is 6.06. The molecule has 4 nitrogen and oxygen atoms in total. The van der Waals surface area contributed by atoms with Gasteiger partial charge in [0, 0.05) is 17.7 Å². The molecule has 24 heavy (non-hydrogen) atoms. The molecule has 0 spiro atoms. The highest BCUT2D eigenvalue weighted by Crippen LogP contribution is 2.38. The second kappa shape index (κ2) is 8.26. The van der Waals surface area contributed by atoms with E-state index in [-0.39, 0.29) is 5.97 Å². The minimum Gasteiger partial charge on any atom is -0.469 e. The van der Waals surface area contributed by atoms with E-state index in [0.717, 1.165) is 61.0 Å². The van der Waals surface area contributed by atoms with E-state index in [1.807, 2.05) is 0 Å². The molecule has 2 aromatic heterocycles. The molecule has 0 aliphatic heterocycles. The van der Waals surface area contributed by atoms with Crippen molar-refractivity contribution in [2.75, 3.05) is 7.11 Å². The van der Waals surface area contributed by atoms with Gasteiger partial charge in [-0.2, -0.15) is 0 Å². The fraction of sp³-hybridized carbons (Fsp3) is 0.611. The predicted molar refractivity (Wildman–Crippen MR) is 97.9 cm³/mol. The first-order chi connectivity index (χ1) is 11.7. The highest BCUT2D eigenvalue weighted by atomic mass is 35.5. The van der Waals surface area contributed by atoms with Crippen LogP contribution in [-0.2, 0) is 28.8 Å². The van der Waals surface area contributed by atoms with E-state index in [1.54, 1.807) is 11.3 Å². The third kappa shape index (κ3) is 4.06. The summed E-state index contributed by atoms with van der Waals surface area (Å²) in [4.78, 5) is 22.8. The zero-order valence-corrected chi connectivity index (χ0v) is 15.6. The molecule has 0 amide bonds. The molecule has 0 fully saturated rings. The number of thiophene rings is 1. The Balaban J connectivity index is 1.57. The summed E-state index contributed by atoms with van der Waals surface area (Å²) in [6, 6.07) is 0. The molecule has 6 heteroatoms. The Morgan fingerprint density at radius 3 is 2.79 bits per heavy atom. The summed E-state index contributed by atoms with van der Waals surface area (Å²) in [6.07, 6.45) is 10.1. The van der Waals surface area contributed by atoms with E-state index in [0.29, 0.717) is 11.6 Å². The van der Waals surface area contributed by atoms with Crippen molar-refractivity contribution in [1.29, 1.82) is 0 Å². The second-order valence-electron chi connectivity index (χ2n) is 6.31. The van der Waals surface area contributed by atoms with Gasteiger partial charge in [0.1, 0.15) is 15.8 Å². The molecule has 1 aliphatic carbocycles. The Morgan fingerprint density at radius 1 is 1.17 bits per heavy atom. The van der Waals surface area contributed by atoms with Crippen molar-refractivity contribution in [2.45, 2.75) is 64.2 Å². The van der Waals surface area contributed by atoms with Crippen molar-refractivity contribution in [2.24, 2.45) is 0 Å². The minimum absolute atomic E-state index is 0.128. The van der Waals surface area contributed by atoms with Gasteiger partial charge in [-0.15, -0.1) is 11.3 Å². The summed E-state index contributed by atoms with van der Waals surface area (Å²) in [5.74, 6) is 0.719. The quantitative estimate of drug-likeness (QED) is 0.397. The van der Waals surface area contributed by atoms with Gasteiger partial charge in [-0.05, 0) is 44.1 Å². The fourth-order valence-electron chi connectivity index (χ4n) is 3.27. The molecule has 0 atom stereocenters. The smallest absolute Gasteiger partial charge is 0.305 e. The van der Waals surface area contributed by atoms with Crippen LogP contribution < -0.4 is 0 Å². The first kappa shape index (κ1) is 17.6. The zero-order chi connectivity index (χ0) is 16.9. The van der Waals surface area contributed by atoms with Crippen LogP contribution in [0.15, 0.2) is 0 Å². The zero-order valence-electron chi connectivity index (χ0n) is 14.1. The van der Waals surface area contributed by atoms with Crippen molar-refractivity contribution >= 4 is 39.1 Å². The van der Waals surface area contributed by atoms with Crippen LogP contribution >= 0.6 is 22.9 Å². The number of ether oxygens (including phenoxy) is 1. The van der Waals surface area contributed by atoms with Crippen molar-refractivity contribution < 1.29 is 9.53 Å². The SMILES string of the molecule is COC(=O)CCCCCCc1nc(Cl)c2c3c(sc2n1)CCCC3. The number of fused-ring (bicyclic) bond motifs is 3. The summed E-state index contributed by atoms with van der Waals surface area (Å²) in [7, 11) is 1.43. The number of hydrogen-bond acceptors (Lipinski definition) is 5. The number of methoxy groups -OCH3 is 1. The normalized spacial score (nSPS) is 13.9. The molecule has 0 radical (unpaired) electrons. The van der Waals surface area contributed by atoms with Gasteiger partial charge in [-0.25, -0.2) is 9.97 Å². The molecule has 0 unspecified atom stereocenters. The monoisotopic (exact) mass is 366 g/mol. The predicted octanol–water partition coefficient (Wildman–Crippen LogP) is 4.89. The van der Waals surface area contributed by atoms with Crippen LogP contribution in [0.5, 0.6) is 0 Å². The number of halogens is 1. The number of nitrogens with zero attached hydrogens (tertiary/aromatic N) is 2. The summed E-state index contributed by atoms with van der Waals surface area (Å²) in [5, 5.41) is 1.72. The molecule has 0 bridgehead atoms. The lowest BCUT2D eigenvalue weighted by Gasteiger charge is -2.10. The average molecular weight is 367 g/mol. The maximum Gasteiger partial charge on any atom is 0.305 e. The van der Waals surface area contributed by atoms with Crippen molar-refractivity contribution in [1.82, 2.24) is 9.97 Å². The van der Waals surface area contributed by atoms with Gasteiger partial charge >= 0.3 is 5.97 Å². The summed E-state index contributed by atoms with van der Waals surface area (Å²) < 4.78 is 4.64. The summed E-state index contributed by atoms with van der Waals surface area (Å²) in [5.41, 5.74) is 1.39. The van der Waals surface area contributed by atoms with Gasteiger partial charge in [-0.3, -0.25) is 4.79 Å². The van der Waals surface area contributed by atoms with E-state index < -0.39 is 0 Å². The number of carbonyl (C=O) groups excluding carboxylic acids is 1. The Labute approximate surface area is 151 Å². The maximum atomic E-state index is 11.1. The van der Waals surface area contributed by atoms with Gasteiger partial charge in [0.15, 0.2) is 0 Å². The molecule has 1 aliphatic rings. The van der Waals surface area contributed by atoms with Gasteiger partial charge in [0.2, 0.25) is 0 Å². The number of rotatable bonds is 7. The molecule has 0 N–H and O–H groups in total. The maximum absolute atomic E-state index is 11.1. The highest BCUT2D eigenvalue weighted by Gasteiger charge is 2.20.